The molecule has 0 aromatic heterocycles. The first kappa shape index (κ1) is 15.5. The van der Waals surface area contributed by atoms with Crippen molar-refractivity contribution in [3.05, 3.63) is 57.0 Å². The SMILES string of the molecule is O=S(=O)(Nc1ccc(Br)cc1)c1cc(CO)ccc1Br. The monoisotopic (exact) mass is 419 g/mol. The average Bonchev–Trinajstić information content (AvgIpc) is 2.41. The second-order valence-electron chi connectivity index (χ2n) is 4.04. The topological polar surface area (TPSA) is 66.4 Å². The molecule has 0 atom stereocenters. The molecule has 0 aliphatic carbocycles. The Morgan fingerprint density at radius 2 is 1.70 bits per heavy atom. The van der Waals surface area contributed by atoms with E-state index in [1.165, 1.54) is 6.07 Å². The summed E-state index contributed by atoms with van der Waals surface area (Å²) < 4.78 is 28.5. The summed E-state index contributed by atoms with van der Waals surface area (Å²) in [5.41, 5.74) is 0.999. The van der Waals surface area contributed by atoms with Crippen LogP contribution < -0.4 is 4.72 Å². The molecule has 0 aliphatic rings. The Morgan fingerprint density at radius 1 is 1.05 bits per heavy atom. The van der Waals surface area contributed by atoms with E-state index in [4.69, 9.17) is 5.11 Å². The van der Waals surface area contributed by atoms with Gasteiger partial charge in [0.2, 0.25) is 0 Å². The normalized spacial score (nSPS) is 11.3. The molecule has 0 radical (unpaired) electrons. The van der Waals surface area contributed by atoms with Crippen LogP contribution in [0, 0.1) is 0 Å². The van der Waals surface area contributed by atoms with Gasteiger partial charge in [0.25, 0.3) is 10.0 Å². The molecular formula is C13H11Br2NO3S. The lowest BCUT2D eigenvalue weighted by molar-refractivity contribution is 0.281. The number of anilines is 1. The van der Waals surface area contributed by atoms with Crippen LogP contribution in [0.3, 0.4) is 0 Å². The molecule has 0 fully saturated rings. The summed E-state index contributed by atoms with van der Waals surface area (Å²) in [6.45, 7) is -0.214. The highest BCUT2D eigenvalue weighted by Gasteiger charge is 2.18. The van der Waals surface area contributed by atoms with Gasteiger partial charge >= 0.3 is 0 Å². The van der Waals surface area contributed by atoms with Gasteiger partial charge in [-0.25, -0.2) is 8.42 Å². The number of aliphatic hydroxyl groups excluding tert-OH is 1. The Kier molecular flexibility index (Phi) is 4.85. The number of rotatable bonds is 4. The van der Waals surface area contributed by atoms with Crippen LogP contribution in [-0.2, 0) is 16.6 Å². The predicted octanol–water partition coefficient (Wildman–Crippen LogP) is 3.50. The third kappa shape index (κ3) is 3.60. The van der Waals surface area contributed by atoms with Crippen molar-refractivity contribution in [3.63, 3.8) is 0 Å². The average molecular weight is 421 g/mol. The van der Waals surface area contributed by atoms with E-state index in [2.05, 4.69) is 36.6 Å². The summed E-state index contributed by atoms with van der Waals surface area (Å²) in [7, 11) is -3.71. The molecule has 0 heterocycles. The maximum absolute atomic E-state index is 12.3. The van der Waals surface area contributed by atoms with Gasteiger partial charge in [-0.15, -0.1) is 0 Å². The lowest BCUT2D eigenvalue weighted by atomic mass is 10.2. The standard InChI is InChI=1S/C13H11Br2NO3S/c14-10-2-4-11(5-3-10)16-20(18,19)13-7-9(8-17)1-6-12(13)15/h1-7,16-17H,8H2. The summed E-state index contributed by atoms with van der Waals surface area (Å²) in [6, 6.07) is 11.5. The molecule has 2 aromatic carbocycles. The van der Waals surface area contributed by atoms with Gasteiger partial charge in [-0.3, -0.25) is 4.72 Å². The van der Waals surface area contributed by atoms with Crippen LogP contribution in [0.2, 0.25) is 0 Å². The summed E-state index contributed by atoms with van der Waals surface area (Å²) in [5, 5.41) is 9.10. The summed E-state index contributed by atoms with van der Waals surface area (Å²) in [6.07, 6.45) is 0. The molecule has 0 saturated heterocycles. The van der Waals surface area contributed by atoms with Gasteiger partial charge in [-0.1, -0.05) is 22.0 Å². The summed E-state index contributed by atoms with van der Waals surface area (Å²) >= 11 is 6.50. The zero-order valence-electron chi connectivity index (χ0n) is 10.2. The molecular weight excluding hydrogens is 410 g/mol. The number of aliphatic hydroxyl groups is 1. The fourth-order valence-electron chi connectivity index (χ4n) is 1.58. The Morgan fingerprint density at radius 3 is 2.30 bits per heavy atom. The molecule has 0 aliphatic heterocycles. The maximum Gasteiger partial charge on any atom is 0.263 e. The Bertz CT molecular complexity index is 715. The van der Waals surface area contributed by atoms with Crippen molar-refractivity contribution >= 4 is 47.6 Å². The Labute approximate surface area is 134 Å². The van der Waals surface area contributed by atoms with Crippen LogP contribution >= 0.6 is 31.9 Å². The summed E-state index contributed by atoms with van der Waals surface area (Å²) in [4.78, 5) is 0.0898. The van der Waals surface area contributed by atoms with E-state index < -0.39 is 10.0 Å². The van der Waals surface area contributed by atoms with E-state index >= 15 is 0 Å². The van der Waals surface area contributed by atoms with Crippen molar-refractivity contribution in [1.29, 1.82) is 0 Å². The number of hydrogen-bond donors (Lipinski definition) is 2. The molecule has 0 saturated carbocycles. The third-order valence-electron chi connectivity index (χ3n) is 2.56. The molecule has 4 nitrogen and oxygen atoms in total. The van der Waals surface area contributed by atoms with Crippen molar-refractivity contribution in [2.75, 3.05) is 4.72 Å². The minimum atomic E-state index is -3.71. The van der Waals surface area contributed by atoms with Crippen molar-refractivity contribution < 1.29 is 13.5 Å². The van der Waals surface area contributed by atoms with Crippen LogP contribution in [0.5, 0.6) is 0 Å². The van der Waals surface area contributed by atoms with E-state index in [1.54, 1.807) is 36.4 Å². The number of benzene rings is 2. The van der Waals surface area contributed by atoms with Gasteiger partial charge in [0, 0.05) is 14.6 Å². The molecule has 0 unspecified atom stereocenters. The van der Waals surface area contributed by atoms with Gasteiger partial charge < -0.3 is 5.11 Å². The van der Waals surface area contributed by atoms with Gasteiger partial charge in [-0.05, 0) is 57.9 Å². The maximum atomic E-state index is 12.3. The molecule has 0 spiro atoms. The van der Waals surface area contributed by atoms with E-state index in [0.29, 0.717) is 15.7 Å². The Balaban J connectivity index is 2.37. The molecule has 106 valence electrons. The molecule has 2 aromatic rings. The van der Waals surface area contributed by atoms with Gasteiger partial charge in [-0.2, -0.15) is 0 Å². The zero-order chi connectivity index (χ0) is 14.8. The van der Waals surface area contributed by atoms with Crippen LogP contribution in [0.4, 0.5) is 5.69 Å². The van der Waals surface area contributed by atoms with Crippen molar-refractivity contribution in [1.82, 2.24) is 0 Å². The summed E-state index contributed by atoms with van der Waals surface area (Å²) in [5.74, 6) is 0. The largest absolute Gasteiger partial charge is 0.392 e. The minimum Gasteiger partial charge on any atom is -0.392 e. The van der Waals surface area contributed by atoms with Gasteiger partial charge in [0.05, 0.1) is 6.61 Å². The smallest absolute Gasteiger partial charge is 0.263 e. The number of hydrogen-bond acceptors (Lipinski definition) is 3. The van der Waals surface area contributed by atoms with Crippen LogP contribution in [0.1, 0.15) is 5.56 Å². The minimum absolute atomic E-state index is 0.0898. The predicted molar refractivity (Wildman–Crippen MR) is 85.0 cm³/mol. The van der Waals surface area contributed by atoms with Crippen molar-refractivity contribution in [2.45, 2.75) is 11.5 Å². The first-order chi connectivity index (χ1) is 9.42. The second kappa shape index (κ2) is 6.26. The van der Waals surface area contributed by atoms with Crippen molar-refractivity contribution in [3.8, 4) is 0 Å². The van der Waals surface area contributed by atoms with E-state index in [1.807, 2.05) is 0 Å². The highest BCUT2D eigenvalue weighted by atomic mass is 79.9. The quantitative estimate of drug-likeness (QED) is 0.795. The lowest BCUT2D eigenvalue weighted by Gasteiger charge is -2.10. The molecule has 0 bridgehead atoms. The molecule has 0 amide bonds. The van der Waals surface area contributed by atoms with E-state index in [9.17, 15) is 8.42 Å². The molecule has 2 rings (SSSR count). The van der Waals surface area contributed by atoms with Crippen LogP contribution in [-0.4, -0.2) is 13.5 Å². The Hall–Kier alpha value is -0.890. The fraction of sp³-hybridized carbons (Fsp3) is 0.0769. The van der Waals surface area contributed by atoms with Gasteiger partial charge in [0.15, 0.2) is 0 Å². The van der Waals surface area contributed by atoms with E-state index in [0.717, 1.165) is 4.47 Å². The van der Waals surface area contributed by atoms with Crippen molar-refractivity contribution in [2.24, 2.45) is 0 Å². The highest BCUT2D eigenvalue weighted by Crippen LogP contribution is 2.26. The fourth-order valence-corrected chi connectivity index (χ4v) is 3.92. The van der Waals surface area contributed by atoms with Crippen LogP contribution in [0.15, 0.2) is 56.3 Å². The van der Waals surface area contributed by atoms with Crippen LogP contribution in [0.25, 0.3) is 0 Å². The molecule has 20 heavy (non-hydrogen) atoms. The first-order valence-electron chi connectivity index (χ1n) is 5.60. The number of sulfonamides is 1. The molecule has 2 N–H and O–H groups in total. The van der Waals surface area contributed by atoms with Gasteiger partial charge in [0.1, 0.15) is 4.90 Å². The lowest BCUT2D eigenvalue weighted by Crippen LogP contribution is -2.14. The van der Waals surface area contributed by atoms with E-state index in [-0.39, 0.29) is 11.5 Å². The zero-order valence-corrected chi connectivity index (χ0v) is 14.2. The second-order valence-corrected chi connectivity index (χ2v) is 7.46. The first-order valence-corrected chi connectivity index (χ1v) is 8.67. The number of nitrogens with one attached hydrogen (secondary N) is 1. The highest BCUT2D eigenvalue weighted by molar-refractivity contribution is 9.10. The molecule has 7 heteroatoms. The number of halogens is 2. The third-order valence-corrected chi connectivity index (χ3v) is 5.47.